The molecule has 2 aliphatic rings. The zero-order chi connectivity index (χ0) is 9.03. The van der Waals surface area contributed by atoms with Gasteiger partial charge in [-0.05, 0) is 44.6 Å². The van der Waals surface area contributed by atoms with Gasteiger partial charge in [0.15, 0.2) is 0 Å². The predicted molar refractivity (Wildman–Crippen MR) is 54.3 cm³/mol. The number of hydrogen-bond acceptors (Lipinski definition) is 1. The second kappa shape index (κ2) is 4.27. The third-order valence-corrected chi connectivity index (χ3v) is 3.25. The molecule has 1 spiro atoms. The van der Waals surface area contributed by atoms with Gasteiger partial charge in [-0.2, -0.15) is 0 Å². The number of rotatable bonds is 0. The fourth-order valence-electron chi connectivity index (χ4n) is 2.13. The van der Waals surface area contributed by atoms with Crippen molar-refractivity contribution in [3.05, 3.63) is 0 Å². The molecule has 2 rings (SSSR count). The summed E-state index contributed by atoms with van der Waals surface area (Å²) in [6.07, 6.45) is 7.24. The summed E-state index contributed by atoms with van der Waals surface area (Å²) in [6, 6.07) is 0. The van der Waals surface area contributed by atoms with Crippen molar-refractivity contribution in [2.75, 3.05) is 6.54 Å². The normalized spacial score (nSPS) is 31.8. The van der Waals surface area contributed by atoms with Crippen molar-refractivity contribution in [1.29, 1.82) is 0 Å². The van der Waals surface area contributed by atoms with Crippen LogP contribution in [0.2, 0.25) is 0 Å². The van der Waals surface area contributed by atoms with Gasteiger partial charge in [0.05, 0.1) is 0 Å². The Bertz CT molecular complexity index is 117. The van der Waals surface area contributed by atoms with Gasteiger partial charge < -0.3 is 5.32 Å². The molecule has 1 N–H and O–H groups in total. The molecule has 12 heavy (non-hydrogen) atoms. The molecule has 1 aliphatic carbocycles. The van der Waals surface area contributed by atoms with E-state index in [1.165, 1.54) is 38.6 Å². The molecule has 0 aromatic carbocycles. The van der Waals surface area contributed by atoms with Crippen LogP contribution in [0.1, 0.15) is 52.9 Å². The average molecular weight is 169 g/mol. The van der Waals surface area contributed by atoms with Crippen molar-refractivity contribution in [2.45, 2.75) is 58.4 Å². The highest BCUT2D eigenvalue weighted by Crippen LogP contribution is 2.39. The molecule has 1 heteroatoms. The molecule has 1 saturated heterocycles. The topological polar surface area (TPSA) is 12.0 Å². The monoisotopic (exact) mass is 169 g/mol. The maximum absolute atomic E-state index is 3.68. The fourth-order valence-corrected chi connectivity index (χ4v) is 2.13. The number of hydrogen-bond donors (Lipinski definition) is 1. The Balaban J connectivity index is 0.000000336. The highest BCUT2D eigenvalue weighted by atomic mass is 15.0. The van der Waals surface area contributed by atoms with Crippen LogP contribution in [0.15, 0.2) is 0 Å². The van der Waals surface area contributed by atoms with Crippen molar-refractivity contribution in [2.24, 2.45) is 5.92 Å². The number of nitrogens with one attached hydrogen (secondary N) is 1. The maximum Gasteiger partial charge on any atom is 0.0181 e. The SMILES string of the molecule is CC.CC1CCC2(CCC2)NC1. The van der Waals surface area contributed by atoms with Gasteiger partial charge in [0.2, 0.25) is 0 Å². The number of piperidine rings is 1. The fraction of sp³-hybridized carbons (Fsp3) is 1.00. The van der Waals surface area contributed by atoms with Gasteiger partial charge in [-0.3, -0.25) is 0 Å². The minimum Gasteiger partial charge on any atom is -0.311 e. The van der Waals surface area contributed by atoms with Gasteiger partial charge in [0, 0.05) is 5.54 Å². The van der Waals surface area contributed by atoms with Gasteiger partial charge in [0.1, 0.15) is 0 Å². The highest BCUT2D eigenvalue weighted by molar-refractivity contribution is 4.98. The van der Waals surface area contributed by atoms with Crippen LogP contribution >= 0.6 is 0 Å². The highest BCUT2D eigenvalue weighted by Gasteiger charge is 2.38. The Labute approximate surface area is 76.9 Å². The van der Waals surface area contributed by atoms with Crippen LogP contribution in [0.4, 0.5) is 0 Å². The average Bonchev–Trinajstić information content (AvgIpc) is 2.07. The van der Waals surface area contributed by atoms with Crippen LogP contribution < -0.4 is 5.32 Å². The summed E-state index contributed by atoms with van der Waals surface area (Å²) in [5, 5.41) is 3.68. The molecular weight excluding hydrogens is 146 g/mol. The van der Waals surface area contributed by atoms with E-state index in [-0.39, 0.29) is 0 Å². The van der Waals surface area contributed by atoms with E-state index in [2.05, 4.69) is 12.2 Å². The lowest BCUT2D eigenvalue weighted by Gasteiger charge is -2.47. The Morgan fingerprint density at radius 3 is 2.17 bits per heavy atom. The summed E-state index contributed by atoms with van der Waals surface area (Å²) in [5.74, 6) is 0.922. The summed E-state index contributed by atoms with van der Waals surface area (Å²) in [5.41, 5.74) is 0.631. The van der Waals surface area contributed by atoms with Crippen molar-refractivity contribution in [1.82, 2.24) is 5.32 Å². The Morgan fingerprint density at radius 2 is 1.83 bits per heavy atom. The summed E-state index contributed by atoms with van der Waals surface area (Å²) in [7, 11) is 0. The second-order valence-electron chi connectivity index (χ2n) is 4.16. The third kappa shape index (κ3) is 2.01. The third-order valence-electron chi connectivity index (χ3n) is 3.25. The van der Waals surface area contributed by atoms with E-state index in [0.717, 1.165) is 5.92 Å². The Hall–Kier alpha value is -0.0400. The molecule has 1 nitrogen and oxygen atoms in total. The molecule has 1 atom stereocenters. The summed E-state index contributed by atoms with van der Waals surface area (Å²) >= 11 is 0. The largest absolute Gasteiger partial charge is 0.311 e. The molecular formula is C11H23N. The quantitative estimate of drug-likeness (QED) is 0.588. The van der Waals surface area contributed by atoms with Gasteiger partial charge in [-0.15, -0.1) is 0 Å². The maximum atomic E-state index is 3.68. The summed E-state index contributed by atoms with van der Waals surface area (Å²) in [6.45, 7) is 7.61. The first kappa shape index (κ1) is 10.0. The molecule has 2 fully saturated rings. The molecule has 0 bridgehead atoms. The molecule has 72 valence electrons. The first-order valence-electron chi connectivity index (χ1n) is 5.56. The molecule has 0 radical (unpaired) electrons. The van der Waals surface area contributed by atoms with E-state index >= 15 is 0 Å². The second-order valence-corrected chi connectivity index (χ2v) is 4.16. The molecule has 0 aromatic rings. The van der Waals surface area contributed by atoms with Gasteiger partial charge in [-0.25, -0.2) is 0 Å². The lowest BCUT2D eigenvalue weighted by molar-refractivity contribution is 0.121. The van der Waals surface area contributed by atoms with E-state index in [1.54, 1.807) is 0 Å². The van der Waals surface area contributed by atoms with Crippen molar-refractivity contribution in [3.63, 3.8) is 0 Å². The van der Waals surface area contributed by atoms with Crippen molar-refractivity contribution in [3.8, 4) is 0 Å². The van der Waals surface area contributed by atoms with E-state index in [4.69, 9.17) is 0 Å². The lowest BCUT2D eigenvalue weighted by atomic mass is 9.70. The Morgan fingerprint density at radius 1 is 1.17 bits per heavy atom. The molecule has 0 amide bonds. The van der Waals surface area contributed by atoms with Crippen molar-refractivity contribution >= 4 is 0 Å². The van der Waals surface area contributed by atoms with E-state index < -0.39 is 0 Å². The molecule has 1 unspecified atom stereocenters. The molecule has 0 aromatic heterocycles. The first-order valence-corrected chi connectivity index (χ1v) is 5.56. The van der Waals surface area contributed by atoms with E-state index in [9.17, 15) is 0 Å². The standard InChI is InChI=1S/C9H17N.C2H6/c1-8-3-6-9(10-7-8)4-2-5-9;1-2/h8,10H,2-7H2,1H3;1-2H3. The predicted octanol–water partition coefficient (Wildman–Crippen LogP) is 2.95. The molecule has 1 saturated carbocycles. The Kier molecular flexibility index (Phi) is 3.57. The van der Waals surface area contributed by atoms with Crippen LogP contribution in [0.25, 0.3) is 0 Å². The summed E-state index contributed by atoms with van der Waals surface area (Å²) in [4.78, 5) is 0. The van der Waals surface area contributed by atoms with Crippen LogP contribution in [0, 0.1) is 5.92 Å². The first-order chi connectivity index (χ1) is 5.81. The lowest BCUT2D eigenvalue weighted by Crippen LogP contribution is -2.55. The van der Waals surface area contributed by atoms with Crippen LogP contribution in [0.5, 0.6) is 0 Å². The minimum absolute atomic E-state index is 0.631. The minimum atomic E-state index is 0.631. The molecule has 1 heterocycles. The van der Waals surface area contributed by atoms with Gasteiger partial charge >= 0.3 is 0 Å². The van der Waals surface area contributed by atoms with E-state index in [1.807, 2.05) is 13.8 Å². The van der Waals surface area contributed by atoms with Crippen molar-refractivity contribution < 1.29 is 0 Å². The van der Waals surface area contributed by atoms with E-state index in [0.29, 0.717) is 5.54 Å². The summed E-state index contributed by atoms with van der Waals surface area (Å²) < 4.78 is 0. The van der Waals surface area contributed by atoms with Crippen LogP contribution in [0.3, 0.4) is 0 Å². The molecule has 1 aliphatic heterocycles. The smallest absolute Gasteiger partial charge is 0.0181 e. The van der Waals surface area contributed by atoms with Gasteiger partial charge in [0.25, 0.3) is 0 Å². The van der Waals surface area contributed by atoms with Gasteiger partial charge in [-0.1, -0.05) is 20.8 Å². The van der Waals surface area contributed by atoms with Crippen LogP contribution in [-0.4, -0.2) is 12.1 Å². The zero-order valence-corrected chi connectivity index (χ0v) is 8.82. The zero-order valence-electron chi connectivity index (χ0n) is 8.82. The van der Waals surface area contributed by atoms with Crippen LogP contribution in [-0.2, 0) is 0 Å².